The van der Waals surface area contributed by atoms with Gasteiger partial charge in [-0.25, -0.2) is 0 Å². The second kappa shape index (κ2) is 25.2. The molecule has 1 amide bonds. The van der Waals surface area contributed by atoms with E-state index >= 15 is 0 Å². The zero-order chi connectivity index (χ0) is 24.2. The Hall–Kier alpha value is 0.520. The van der Waals surface area contributed by atoms with Crippen LogP contribution in [0.5, 0.6) is 0 Å². The fourth-order valence-corrected chi connectivity index (χ4v) is 3.20. The van der Waals surface area contributed by atoms with E-state index in [4.69, 9.17) is 9.47 Å². The molecule has 0 aromatic heterocycles. The molecule has 0 bridgehead atoms. The van der Waals surface area contributed by atoms with E-state index in [2.05, 4.69) is 16.8 Å². The zero-order valence-electron chi connectivity index (χ0n) is 21.3. The maximum absolute atomic E-state index is 11.9. The molecule has 0 radical (unpaired) electrons. The molecule has 0 fully saturated rings. The average molecular weight is 525 g/mol. The molecular weight excluding hydrogens is 487 g/mol. The number of carbonyl (C=O) groups is 3. The second-order valence-corrected chi connectivity index (χ2v) is 8.86. The summed E-state index contributed by atoms with van der Waals surface area (Å²) in [5, 5.41) is 2.72. The van der Waals surface area contributed by atoms with E-state index < -0.39 is 32.5 Å². The first-order chi connectivity index (χ1) is 15.1. The average Bonchev–Trinajstić information content (AvgIpc) is 2.71. The summed E-state index contributed by atoms with van der Waals surface area (Å²) >= 11 is 0. The van der Waals surface area contributed by atoms with Gasteiger partial charge >= 0.3 is 71.1 Å². The molecule has 0 unspecified atom stereocenters. The molecule has 0 aliphatic rings. The number of nitrogens with one attached hydrogen (secondary N) is 1. The van der Waals surface area contributed by atoms with Crippen LogP contribution in [0.4, 0.5) is 0 Å². The summed E-state index contributed by atoms with van der Waals surface area (Å²) in [6, 6.07) is 0. The van der Waals surface area contributed by atoms with Crippen molar-refractivity contribution in [1.82, 2.24) is 5.32 Å². The molecule has 1 atom stereocenters. The van der Waals surface area contributed by atoms with Gasteiger partial charge in [-0.1, -0.05) is 51.9 Å². The summed E-state index contributed by atoms with van der Waals surface area (Å²) in [5.74, 6) is -1.12. The third-order valence-electron chi connectivity index (χ3n) is 4.56. The second-order valence-electron chi connectivity index (χ2n) is 7.70. The summed E-state index contributed by atoms with van der Waals surface area (Å²) in [6.07, 6.45) is 8.03. The molecule has 0 spiro atoms. The van der Waals surface area contributed by atoms with Gasteiger partial charge in [0, 0.05) is 26.3 Å². The number of hydrogen-bond acceptors (Lipinski definition) is 9. The number of phosphoric ester groups is 1. The number of hydrogen-bond donors (Lipinski definition) is 1. The normalized spacial score (nSPS) is 11.5. The smallest absolute Gasteiger partial charge is 0.790 e. The fourth-order valence-electron chi connectivity index (χ4n) is 2.86. The van der Waals surface area contributed by atoms with E-state index in [1.54, 1.807) is 0 Å². The van der Waals surface area contributed by atoms with Gasteiger partial charge in [0.1, 0.15) is 6.61 Å². The van der Waals surface area contributed by atoms with E-state index in [0.717, 1.165) is 51.4 Å². The van der Waals surface area contributed by atoms with Crippen LogP contribution in [0.2, 0.25) is 0 Å². The van der Waals surface area contributed by atoms with Gasteiger partial charge in [0.15, 0.2) is 6.10 Å². The van der Waals surface area contributed by atoms with Crippen molar-refractivity contribution in [3.8, 4) is 0 Å². The fraction of sp³-hybridized carbons (Fsp3) is 0.857. The van der Waals surface area contributed by atoms with Crippen LogP contribution in [0.15, 0.2) is 0 Å². The van der Waals surface area contributed by atoms with Gasteiger partial charge < -0.3 is 33.7 Å². The zero-order valence-corrected chi connectivity index (χ0v) is 26.2. The number of phosphoric acid groups is 1. The summed E-state index contributed by atoms with van der Waals surface area (Å²) in [6.45, 7) is 3.13. The molecule has 0 aromatic carbocycles. The van der Waals surface area contributed by atoms with Crippen LogP contribution < -0.4 is 74.2 Å². The van der Waals surface area contributed by atoms with Crippen molar-refractivity contribution < 1.29 is 102 Å². The van der Waals surface area contributed by atoms with Crippen LogP contribution in [-0.4, -0.2) is 43.7 Å². The molecule has 0 aliphatic carbocycles. The van der Waals surface area contributed by atoms with E-state index in [1.165, 1.54) is 6.92 Å². The van der Waals surface area contributed by atoms with Gasteiger partial charge in [-0.3, -0.25) is 14.4 Å². The Bertz CT molecular complexity index is 591. The molecule has 188 valence electrons. The van der Waals surface area contributed by atoms with Crippen molar-refractivity contribution in [1.29, 1.82) is 0 Å². The summed E-state index contributed by atoms with van der Waals surface area (Å²) in [7, 11) is -5.24. The van der Waals surface area contributed by atoms with Crippen LogP contribution >= 0.6 is 7.82 Å². The van der Waals surface area contributed by atoms with Crippen LogP contribution in [0.1, 0.15) is 90.9 Å². The molecule has 0 aliphatic heterocycles. The van der Waals surface area contributed by atoms with E-state index in [-0.39, 0.29) is 84.5 Å². The number of amides is 1. The third-order valence-corrected chi connectivity index (χ3v) is 5.03. The Kier molecular flexibility index (Phi) is 28.9. The minimum atomic E-state index is -5.24. The molecule has 0 aromatic rings. The van der Waals surface area contributed by atoms with Crippen LogP contribution in [-0.2, 0) is 32.9 Å². The predicted molar refractivity (Wildman–Crippen MR) is 114 cm³/mol. The molecule has 13 heteroatoms. The van der Waals surface area contributed by atoms with Gasteiger partial charge in [-0.2, -0.15) is 0 Å². The van der Waals surface area contributed by atoms with Crippen molar-refractivity contribution in [2.45, 2.75) is 97.0 Å². The standard InChI is InChI=1S/C21H40NO9P.2Na/c1-3-4-5-7-11-14-21(25)31-19(17-30-32(26,27)28)16-29-20(24)13-10-8-6-9-12-15-22-18(2)23;;/h19H,3-17H2,1-2H3,(H,22,23)(H2,26,27,28);;/q;2*+1/p-2/t19-;;/m1../s1. The molecule has 0 saturated carbocycles. The van der Waals surface area contributed by atoms with Crippen molar-refractivity contribution >= 4 is 25.7 Å². The van der Waals surface area contributed by atoms with E-state index in [1.807, 2.05) is 0 Å². The molecule has 0 rings (SSSR count). The van der Waals surface area contributed by atoms with Crippen molar-refractivity contribution in [3.05, 3.63) is 0 Å². The maximum atomic E-state index is 11.9. The molecule has 34 heavy (non-hydrogen) atoms. The molecule has 10 nitrogen and oxygen atoms in total. The third kappa shape index (κ3) is 28.8. The number of unbranched alkanes of at least 4 members (excludes halogenated alkanes) is 8. The number of rotatable bonds is 20. The summed E-state index contributed by atoms with van der Waals surface area (Å²) < 4.78 is 25.1. The largest absolute Gasteiger partial charge is 1.00 e. The molecule has 0 saturated heterocycles. The summed E-state index contributed by atoms with van der Waals surface area (Å²) in [5.41, 5.74) is 0. The quantitative estimate of drug-likeness (QED) is 0.0728. The molecular formula is C21H38NNa2O9P. The Labute approximate surface area is 247 Å². The van der Waals surface area contributed by atoms with Gasteiger partial charge in [-0.15, -0.1) is 0 Å². The Morgan fingerprint density at radius 2 is 1.35 bits per heavy atom. The van der Waals surface area contributed by atoms with Crippen molar-refractivity contribution in [2.75, 3.05) is 19.8 Å². The number of ether oxygens (including phenoxy) is 2. The first kappa shape index (κ1) is 39.0. The van der Waals surface area contributed by atoms with Crippen molar-refractivity contribution in [2.24, 2.45) is 0 Å². The van der Waals surface area contributed by atoms with Crippen LogP contribution in [0.25, 0.3) is 0 Å². The van der Waals surface area contributed by atoms with Gasteiger partial charge in [0.2, 0.25) is 5.91 Å². The predicted octanol–water partition coefficient (Wildman–Crippen LogP) is -3.87. The SMILES string of the molecule is CCCCCCCC(=O)O[C@H](COC(=O)CCCCCCCNC(C)=O)COP(=O)([O-])[O-].[Na+].[Na+]. The van der Waals surface area contributed by atoms with Gasteiger partial charge in [0.05, 0.1) is 14.4 Å². The Balaban J connectivity index is -0.00000480. The Morgan fingerprint density at radius 1 is 0.824 bits per heavy atom. The monoisotopic (exact) mass is 525 g/mol. The van der Waals surface area contributed by atoms with E-state index in [9.17, 15) is 28.7 Å². The first-order valence-corrected chi connectivity index (χ1v) is 12.9. The molecule has 1 N–H and O–H groups in total. The minimum absolute atomic E-state index is 0. The van der Waals surface area contributed by atoms with Gasteiger partial charge in [0.25, 0.3) is 0 Å². The minimum Gasteiger partial charge on any atom is -0.790 e. The van der Waals surface area contributed by atoms with Crippen LogP contribution in [0, 0.1) is 0 Å². The van der Waals surface area contributed by atoms with Crippen molar-refractivity contribution in [3.63, 3.8) is 0 Å². The first-order valence-electron chi connectivity index (χ1n) is 11.4. The topological polar surface area (TPSA) is 154 Å². The van der Waals surface area contributed by atoms with E-state index in [0.29, 0.717) is 19.4 Å². The Morgan fingerprint density at radius 3 is 1.91 bits per heavy atom. The number of carbonyl (C=O) groups excluding carboxylic acids is 3. The summed E-state index contributed by atoms with van der Waals surface area (Å²) in [4.78, 5) is 56.0. The van der Waals surface area contributed by atoms with Gasteiger partial charge in [-0.05, 0) is 19.3 Å². The number of esters is 2. The van der Waals surface area contributed by atoms with Crippen LogP contribution in [0.3, 0.4) is 0 Å². The molecule has 0 heterocycles. The maximum Gasteiger partial charge on any atom is 1.00 e.